The highest BCUT2D eigenvalue weighted by molar-refractivity contribution is 5.84. The summed E-state index contributed by atoms with van der Waals surface area (Å²) in [4.78, 5) is 36.4. The summed E-state index contributed by atoms with van der Waals surface area (Å²) < 4.78 is 5.60. The molecule has 0 spiro atoms. The monoisotopic (exact) mass is 464 g/mol. The van der Waals surface area contributed by atoms with E-state index in [0.29, 0.717) is 6.42 Å². The first-order valence-electron chi connectivity index (χ1n) is 11.7. The summed E-state index contributed by atoms with van der Waals surface area (Å²) in [5, 5.41) is 14.5. The maximum atomic E-state index is 12.6. The van der Waals surface area contributed by atoms with E-state index in [0.717, 1.165) is 35.1 Å². The quantitative estimate of drug-likeness (QED) is 0.398. The van der Waals surface area contributed by atoms with E-state index in [-0.39, 0.29) is 25.4 Å². The van der Waals surface area contributed by atoms with Crippen LogP contribution in [0.3, 0.4) is 0 Å². The maximum absolute atomic E-state index is 12.6. The van der Waals surface area contributed by atoms with E-state index in [2.05, 4.69) is 41.5 Å². The van der Waals surface area contributed by atoms with E-state index in [4.69, 9.17) is 4.74 Å². The Hall–Kier alpha value is -3.61. The molecule has 3 N–H and O–H groups in total. The van der Waals surface area contributed by atoms with Crippen LogP contribution in [-0.2, 0) is 14.3 Å². The van der Waals surface area contributed by atoms with Crippen molar-refractivity contribution in [2.45, 2.75) is 57.0 Å². The van der Waals surface area contributed by atoms with Crippen molar-refractivity contribution in [3.8, 4) is 11.1 Å². The molecular weight excluding hydrogens is 432 g/mol. The normalized spacial score (nSPS) is 13.8. The SMILES string of the molecule is C=CCC(NC(=O)C[C@@H](CCCC)NC(=O)OCC1c2ccccc2-c2ccccc21)C(=O)O. The molecule has 2 amide bonds. The van der Waals surface area contributed by atoms with E-state index in [9.17, 15) is 19.5 Å². The minimum absolute atomic E-state index is 0.0227. The predicted octanol–water partition coefficient (Wildman–Crippen LogP) is 4.62. The van der Waals surface area contributed by atoms with Crippen molar-refractivity contribution in [2.24, 2.45) is 0 Å². The van der Waals surface area contributed by atoms with Crippen LogP contribution in [0, 0.1) is 0 Å². The van der Waals surface area contributed by atoms with Crippen LogP contribution in [0.25, 0.3) is 11.1 Å². The van der Waals surface area contributed by atoms with E-state index >= 15 is 0 Å². The zero-order valence-corrected chi connectivity index (χ0v) is 19.5. The van der Waals surface area contributed by atoms with Crippen LogP contribution < -0.4 is 10.6 Å². The van der Waals surface area contributed by atoms with Gasteiger partial charge in [-0.25, -0.2) is 9.59 Å². The summed E-state index contributed by atoms with van der Waals surface area (Å²) in [6, 6.07) is 14.7. The van der Waals surface area contributed by atoms with Crippen molar-refractivity contribution in [3.63, 3.8) is 0 Å². The van der Waals surface area contributed by atoms with Crippen LogP contribution in [0.5, 0.6) is 0 Å². The van der Waals surface area contributed by atoms with E-state index in [1.165, 1.54) is 6.08 Å². The Kier molecular flexibility index (Phi) is 8.85. The van der Waals surface area contributed by atoms with Crippen molar-refractivity contribution in [1.82, 2.24) is 10.6 Å². The van der Waals surface area contributed by atoms with Gasteiger partial charge in [0.15, 0.2) is 0 Å². The summed E-state index contributed by atoms with van der Waals surface area (Å²) in [6.07, 6.45) is 3.27. The lowest BCUT2D eigenvalue weighted by molar-refractivity contribution is -0.141. The van der Waals surface area contributed by atoms with Crippen molar-refractivity contribution < 1.29 is 24.2 Å². The van der Waals surface area contributed by atoms with Gasteiger partial charge in [-0.15, -0.1) is 6.58 Å². The summed E-state index contributed by atoms with van der Waals surface area (Å²) in [7, 11) is 0. The first-order chi connectivity index (χ1) is 16.4. The Labute approximate surface area is 200 Å². The average molecular weight is 465 g/mol. The minimum Gasteiger partial charge on any atom is -0.480 e. The molecule has 0 fully saturated rings. The van der Waals surface area contributed by atoms with Gasteiger partial charge in [0.2, 0.25) is 5.91 Å². The number of carboxylic acids is 1. The number of hydrogen-bond acceptors (Lipinski definition) is 4. The van der Waals surface area contributed by atoms with Crippen LogP contribution in [-0.4, -0.2) is 41.8 Å². The standard InChI is InChI=1S/C27H32N2O5/c1-3-5-11-18(16-25(30)29-24(10-4-2)26(31)32)28-27(33)34-17-23-21-14-8-6-12-19(21)20-13-7-9-15-22(20)23/h4,6-9,12-15,18,23-24H,2-3,5,10-11,16-17H2,1H3,(H,28,33)(H,29,30)(H,31,32)/t18-,24?/m1/s1. The van der Waals surface area contributed by atoms with Gasteiger partial charge in [-0.2, -0.15) is 0 Å². The van der Waals surface area contributed by atoms with Gasteiger partial charge in [-0.05, 0) is 35.1 Å². The molecule has 2 aromatic carbocycles. The van der Waals surface area contributed by atoms with Gasteiger partial charge in [-0.1, -0.05) is 74.4 Å². The van der Waals surface area contributed by atoms with Gasteiger partial charge in [0.1, 0.15) is 12.6 Å². The molecule has 3 rings (SSSR count). The topological polar surface area (TPSA) is 105 Å². The molecule has 7 nitrogen and oxygen atoms in total. The molecule has 0 aromatic heterocycles. The number of ether oxygens (including phenoxy) is 1. The average Bonchev–Trinajstić information content (AvgIpc) is 3.14. The van der Waals surface area contributed by atoms with Crippen molar-refractivity contribution in [2.75, 3.05) is 6.61 Å². The number of nitrogens with one attached hydrogen (secondary N) is 2. The molecule has 0 bridgehead atoms. The Morgan fingerprint density at radius 3 is 2.24 bits per heavy atom. The number of rotatable bonds is 12. The molecule has 2 aromatic rings. The third-order valence-corrected chi connectivity index (χ3v) is 6.04. The molecule has 0 saturated heterocycles. The lowest BCUT2D eigenvalue weighted by atomic mass is 9.98. The molecular formula is C27H32N2O5. The second-order valence-corrected chi connectivity index (χ2v) is 8.50. The zero-order valence-electron chi connectivity index (χ0n) is 19.5. The van der Waals surface area contributed by atoms with Crippen molar-refractivity contribution in [3.05, 3.63) is 72.3 Å². The van der Waals surface area contributed by atoms with Crippen LogP contribution in [0.15, 0.2) is 61.2 Å². The van der Waals surface area contributed by atoms with Crippen LogP contribution in [0.4, 0.5) is 4.79 Å². The van der Waals surface area contributed by atoms with Crippen LogP contribution in [0.1, 0.15) is 56.1 Å². The molecule has 7 heteroatoms. The Morgan fingerprint density at radius 2 is 1.68 bits per heavy atom. The number of carboxylic acid groups (broad SMARTS) is 1. The van der Waals surface area contributed by atoms with E-state index in [1.54, 1.807) is 0 Å². The van der Waals surface area contributed by atoms with E-state index < -0.39 is 30.1 Å². The number of aliphatic carboxylic acids is 1. The number of unbranched alkanes of at least 4 members (excludes halogenated alkanes) is 1. The van der Waals surface area contributed by atoms with Crippen molar-refractivity contribution >= 4 is 18.0 Å². The van der Waals surface area contributed by atoms with Gasteiger partial charge in [-0.3, -0.25) is 4.79 Å². The Balaban J connectivity index is 1.60. The molecule has 0 radical (unpaired) electrons. The van der Waals surface area contributed by atoms with Gasteiger partial charge in [0, 0.05) is 18.4 Å². The highest BCUT2D eigenvalue weighted by Crippen LogP contribution is 2.44. The largest absolute Gasteiger partial charge is 0.480 e. The first kappa shape index (κ1) is 25.0. The van der Waals surface area contributed by atoms with Crippen molar-refractivity contribution in [1.29, 1.82) is 0 Å². The number of benzene rings is 2. The number of hydrogen-bond donors (Lipinski definition) is 3. The first-order valence-corrected chi connectivity index (χ1v) is 11.7. The number of amides is 2. The highest BCUT2D eigenvalue weighted by Gasteiger charge is 2.29. The molecule has 2 atom stereocenters. The van der Waals surface area contributed by atoms with E-state index in [1.807, 2.05) is 31.2 Å². The third kappa shape index (κ3) is 6.25. The highest BCUT2D eigenvalue weighted by atomic mass is 16.5. The second-order valence-electron chi connectivity index (χ2n) is 8.50. The smallest absolute Gasteiger partial charge is 0.407 e. The molecule has 0 aliphatic heterocycles. The summed E-state index contributed by atoms with van der Waals surface area (Å²) in [5.74, 6) is -1.61. The Bertz CT molecular complexity index is 990. The lowest BCUT2D eigenvalue weighted by Gasteiger charge is -2.21. The maximum Gasteiger partial charge on any atom is 0.407 e. The summed E-state index contributed by atoms with van der Waals surface area (Å²) in [5.41, 5.74) is 4.55. The zero-order chi connectivity index (χ0) is 24.5. The number of alkyl carbamates (subject to hydrolysis) is 1. The van der Waals surface area contributed by atoms with Gasteiger partial charge < -0.3 is 20.5 Å². The fraction of sp³-hybridized carbons (Fsp3) is 0.370. The fourth-order valence-corrected chi connectivity index (χ4v) is 4.35. The minimum atomic E-state index is -1.12. The van der Waals surface area contributed by atoms with Gasteiger partial charge in [0.05, 0.1) is 0 Å². The molecule has 0 heterocycles. The lowest BCUT2D eigenvalue weighted by Crippen LogP contribution is -2.44. The molecule has 0 saturated carbocycles. The third-order valence-electron chi connectivity index (χ3n) is 6.04. The van der Waals surface area contributed by atoms with Gasteiger partial charge >= 0.3 is 12.1 Å². The molecule has 1 aliphatic rings. The number of carbonyl (C=O) groups excluding carboxylic acids is 2. The number of carbonyl (C=O) groups is 3. The summed E-state index contributed by atoms with van der Waals surface area (Å²) in [6.45, 7) is 5.73. The molecule has 1 aliphatic carbocycles. The molecule has 180 valence electrons. The fourth-order valence-electron chi connectivity index (χ4n) is 4.35. The molecule has 1 unspecified atom stereocenters. The van der Waals surface area contributed by atoms with Gasteiger partial charge in [0.25, 0.3) is 0 Å². The second kappa shape index (κ2) is 12.0. The summed E-state index contributed by atoms with van der Waals surface area (Å²) >= 11 is 0. The predicted molar refractivity (Wildman–Crippen MR) is 131 cm³/mol. The van der Waals surface area contributed by atoms with Crippen LogP contribution in [0.2, 0.25) is 0 Å². The molecule has 34 heavy (non-hydrogen) atoms. The Morgan fingerprint density at radius 1 is 1.06 bits per heavy atom. The van der Waals surface area contributed by atoms with Crippen LogP contribution >= 0.6 is 0 Å². The number of fused-ring (bicyclic) bond motifs is 3.